The Balaban J connectivity index is 1.52. The molecule has 0 bridgehead atoms. The fourth-order valence-electron chi connectivity index (χ4n) is 3.94. The molecule has 1 aliphatic rings. The molecule has 7 nitrogen and oxygen atoms in total. The number of nitrogens with one attached hydrogen (secondary N) is 3. The van der Waals surface area contributed by atoms with Crippen LogP contribution in [0.4, 0.5) is 10.1 Å². The van der Waals surface area contributed by atoms with Gasteiger partial charge in [0, 0.05) is 23.7 Å². The van der Waals surface area contributed by atoms with Crippen molar-refractivity contribution in [2.45, 2.75) is 24.9 Å². The van der Waals surface area contributed by atoms with E-state index in [1.165, 1.54) is 6.07 Å². The summed E-state index contributed by atoms with van der Waals surface area (Å²) in [4.78, 5) is 30.2. The number of amides is 2. The van der Waals surface area contributed by atoms with Gasteiger partial charge in [0.15, 0.2) is 0 Å². The molecule has 0 spiro atoms. The molecule has 1 fully saturated rings. The molecule has 2 amide bonds. The molecule has 2 heterocycles. The monoisotopic (exact) mass is 435 g/mol. The van der Waals surface area contributed by atoms with E-state index in [9.17, 15) is 14.0 Å². The first-order chi connectivity index (χ1) is 15.5. The van der Waals surface area contributed by atoms with Crippen LogP contribution in [0.1, 0.15) is 12.0 Å². The van der Waals surface area contributed by atoms with Gasteiger partial charge >= 0.3 is 0 Å². The van der Waals surface area contributed by atoms with Crippen molar-refractivity contribution in [3.63, 3.8) is 0 Å². The van der Waals surface area contributed by atoms with Gasteiger partial charge < -0.3 is 21.7 Å². The molecule has 4 rings (SSSR count). The van der Waals surface area contributed by atoms with Crippen LogP contribution in [0.2, 0.25) is 0 Å². The highest BCUT2D eigenvalue weighted by molar-refractivity contribution is 5.99. The Labute approximate surface area is 185 Å². The van der Waals surface area contributed by atoms with Crippen molar-refractivity contribution < 1.29 is 14.0 Å². The van der Waals surface area contributed by atoms with E-state index >= 15 is 0 Å². The van der Waals surface area contributed by atoms with Crippen molar-refractivity contribution in [1.82, 2.24) is 15.6 Å². The molecule has 1 aromatic heterocycles. The molecule has 0 saturated carbocycles. The van der Waals surface area contributed by atoms with E-state index in [0.717, 1.165) is 10.9 Å². The van der Waals surface area contributed by atoms with Crippen molar-refractivity contribution in [2.75, 3.05) is 18.4 Å². The standard InChI is InChI=1S/C24H26FN5O2/c25-19-6-2-1-4-16(19)12-22(30-23(31)21-10-15(13-26)14-28-21)24(32)29-18-7-8-20-17(11-18)5-3-9-27-20/h1-9,11,15,21-22,28H,10,12-14,26H2,(H,29,32)(H,30,31)/t15-,21-,22+/m0/s1. The minimum atomic E-state index is -0.942. The van der Waals surface area contributed by atoms with Crippen LogP contribution in [0.3, 0.4) is 0 Å². The number of fused-ring (bicyclic) bond motifs is 1. The third-order valence-electron chi connectivity index (χ3n) is 5.76. The molecule has 166 valence electrons. The number of nitrogens with zero attached hydrogens (tertiary/aromatic N) is 1. The third kappa shape index (κ3) is 5.09. The van der Waals surface area contributed by atoms with Gasteiger partial charge in [-0.1, -0.05) is 24.3 Å². The van der Waals surface area contributed by atoms with Crippen LogP contribution in [0.25, 0.3) is 10.9 Å². The minimum absolute atomic E-state index is 0.0341. The molecule has 32 heavy (non-hydrogen) atoms. The summed E-state index contributed by atoms with van der Waals surface area (Å²) in [6.45, 7) is 1.15. The second-order valence-corrected chi connectivity index (χ2v) is 8.06. The zero-order chi connectivity index (χ0) is 22.5. The van der Waals surface area contributed by atoms with E-state index < -0.39 is 23.8 Å². The van der Waals surface area contributed by atoms with Crippen molar-refractivity contribution in [3.8, 4) is 0 Å². The van der Waals surface area contributed by atoms with E-state index in [-0.39, 0.29) is 18.2 Å². The SMILES string of the molecule is NC[C@H]1CN[C@H](C(=O)N[C@H](Cc2ccccc2F)C(=O)Nc2ccc3ncccc3c2)C1. The summed E-state index contributed by atoms with van der Waals surface area (Å²) in [5.41, 5.74) is 7.45. The maximum atomic E-state index is 14.3. The van der Waals surface area contributed by atoms with Crippen LogP contribution in [-0.4, -0.2) is 42.0 Å². The Bertz CT molecular complexity index is 1120. The summed E-state index contributed by atoms with van der Waals surface area (Å²) < 4.78 is 14.3. The fraction of sp³-hybridized carbons (Fsp3) is 0.292. The highest BCUT2D eigenvalue weighted by Crippen LogP contribution is 2.18. The predicted molar refractivity (Wildman–Crippen MR) is 121 cm³/mol. The van der Waals surface area contributed by atoms with Crippen LogP contribution in [-0.2, 0) is 16.0 Å². The number of carbonyl (C=O) groups is 2. The van der Waals surface area contributed by atoms with Crippen molar-refractivity contribution in [3.05, 3.63) is 72.2 Å². The van der Waals surface area contributed by atoms with Crippen LogP contribution in [0, 0.1) is 11.7 Å². The van der Waals surface area contributed by atoms with E-state index in [0.29, 0.717) is 30.8 Å². The van der Waals surface area contributed by atoms with Gasteiger partial charge in [0.05, 0.1) is 11.6 Å². The molecule has 0 unspecified atom stereocenters. The van der Waals surface area contributed by atoms with E-state index in [1.54, 1.807) is 30.5 Å². The summed E-state index contributed by atoms with van der Waals surface area (Å²) in [7, 11) is 0. The Morgan fingerprint density at radius 2 is 2.03 bits per heavy atom. The molecular formula is C24H26FN5O2. The number of nitrogens with two attached hydrogens (primary N) is 1. The van der Waals surface area contributed by atoms with Gasteiger partial charge in [-0.15, -0.1) is 0 Å². The van der Waals surface area contributed by atoms with Crippen molar-refractivity contribution in [2.24, 2.45) is 11.7 Å². The van der Waals surface area contributed by atoms with Gasteiger partial charge in [-0.3, -0.25) is 14.6 Å². The number of aromatic nitrogens is 1. The number of hydrogen-bond acceptors (Lipinski definition) is 5. The van der Waals surface area contributed by atoms with E-state index in [4.69, 9.17) is 5.73 Å². The lowest BCUT2D eigenvalue weighted by Gasteiger charge is -2.21. The molecule has 3 atom stereocenters. The number of hydrogen-bond donors (Lipinski definition) is 4. The van der Waals surface area contributed by atoms with E-state index in [2.05, 4.69) is 20.9 Å². The zero-order valence-electron chi connectivity index (χ0n) is 17.6. The Kier molecular flexibility index (Phi) is 6.72. The fourth-order valence-corrected chi connectivity index (χ4v) is 3.94. The van der Waals surface area contributed by atoms with Crippen LogP contribution < -0.4 is 21.7 Å². The summed E-state index contributed by atoms with van der Waals surface area (Å²) in [6.07, 6.45) is 2.34. The predicted octanol–water partition coefficient (Wildman–Crippen LogP) is 1.98. The van der Waals surface area contributed by atoms with Crippen molar-refractivity contribution in [1.29, 1.82) is 0 Å². The first kappa shape index (κ1) is 21.9. The maximum Gasteiger partial charge on any atom is 0.247 e. The number of anilines is 1. The smallest absolute Gasteiger partial charge is 0.247 e. The number of benzene rings is 2. The Morgan fingerprint density at radius 1 is 1.19 bits per heavy atom. The average molecular weight is 436 g/mol. The zero-order valence-corrected chi connectivity index (χ0v) is 17.6. The molecule has 3 aromatic rings. The van der Waals surface area contributed by atoms with Crippen LogP contribution >= 0.6 is 0 Å². The second kappa shape index (κ2) is 9.84. The van der Waals surface area contributed by atoms with Gasteiger partial charge in [0.1, 0.15) is 11.9 Å². The summed E-state index contributed by atoms with van der Waals surface area (Å²) in [6, 6.07) is 14.0. The molecule has 5 N–H and O–H groups in total. The summed E-state index contributed by atoms with van der Waals surface area (Å²) in [5, 5.41) is 9.67. The maximum absolute atomic E-state index is 14.3. The van der Waals surface area contributed by atoms with Gasteiger partial charge in [-0.05, 0) is 61.3 Å². The summed E-state index contributed by atoms with van der Waals surface area (Å²) in [5.74, 6) is -0.910. The lowest BCUT2D eigenvalue weighted by Crippen LogP contribution is -2.50. The Morgan fingerprint density at radius 3 is 2.81 bits per heavy atom. The molecular weight excluding hydrogens is 409 g/mol. The highest BCUT2D eigenvalue weighted by atomic mass is 19.1. The number of pyridine rings is 1. The number of carbonyl (C=O) groups excluding carboxylic acids is 2. The largest absolute Gasteiger partial charge is 0.343 e. The molecule has 8 heteroatoms. The quantitative estimate of drug-likeness (QED) is 0.454. The number of halogens is 1. The van der Waals surface area contributed by atoms with Crippen LogP contribution in [0.15, 0.2) is 60.8 Å². The normalized spacial score (nSPS) is 18.9. The topological polar surface area (TPSA) is 109 Å². The van der Waals surface area contributed by atoms with Gasteiger partial charge in [-0.25, -0.2) is 4.39 Å². The third-order valence-corrected chi connectivity index (χ3v) is 5.76. The van der Waals surface area contributed by atoms with Crippen molar-refractivity contribution >= 4 is 28.4 Å². The first-order valence-electron chi connectivity index (χ1n) is 10.7. The number of rotatable bonds is 7. The first-order valence-corrected chi connectivity index (χ1v) is 10.7. The average Bonchev–Trinajstić information content (AvgIpc) is 3.29. The molecule has 0 radical (unpaired) electrons. The highest BCUT2D eigenvalue weighted by Gasteiger charge is 2.31. The molecule has 2 aromatic carbocycles. The molecule has 1 aliphatic heterocycles. The summed E-state index contributed by atoms with van der Waals surface area (Å²) >= 11 is 0. The Hall–Kier alpha value is -3.36. The van der Waals surface area contributed by atoms with E-state index in [1.807, 2.05) is 24.3 Å². The van der Waals surface area contributed by atoms with Gasteiger partial charge in [0.25, 0.3) is 0 Å². The lowest BCUT2D eigenvalue weighted by molar-refractivity contribution is -0.127. The molecule has 0 aliphatic carbocycles. The minimum Gasteiger partial charge on any atom is -0.343 e. The van der Waals surface area contributed by atoms with Crippen LogP contribution in [0.5, 0.6) is 0 Å². The molecule has 1 saturated heterocycles. The van der Waals surface area contributed by atoms with Gasteiger partial charge in [0.2, 0.25) is 11.8 Å². The second-order valence-electron chi connectivity index (χ2n) is 8.06. The van der Waals surface area contributed by atoms with Gasteiger partial charge in [-0.2, -0.15) is 0 Å². The lowest BCUT2D eigenvalue weighted by atomic mass is 10.0.